The molecule has 3 heteroatoms. The number of aryl methyl sites for hydroxylation is 1. The van der Waals surface area contributed by atoms with E-state index in [9.17, 15) is 0 Å². The largest absolute Gasteiger partial charge is 0.459 e. The standard InChI is InChI=1S/C16H22N2O/c1-4-8-18-14(5-2)16-7-6-15(19-16)13-9-12(3)10-17-11-13/h6-7,9-11,14,18H,4-5,8H2,1-3H3. The van der Waals surface area contributed by atoms with Crippen LogP contribution in [0.1, 0.15) is 44.1 Å². The average molecular weight is 258 g/mol. The summed E-state index contributed by atoms with van der Waals surface area (Å²) >= 11 is 0. The van der Waals surface area contributed by atoms with Crippen LogP contribution >= 0.6 is 0 Å². The minimum Gasteiger partial charge on any atom is -0.459 e. The van der Waals surface area contributed by atoms with E-state index in [4.69, 9.17) is 4.42 Å². The molecule has 0 radical (unpaired) electrons. The summed E-state index contributed by atoms with van der Waals surface area (Å²) in [5, 5.41) is 3.50. The molecule has 0 bridgehead atoms. The van der Waals surface area contributed by atoms with E-state index in [2.05, 4.69) is 36.3 Å². The summed E-state index contributed by atoms with van der Waals surface area (Å²) in [5.41, 5.74) is 2.18. The predicted molar refractivity (Wildman–Crippen MR) is 78.0 cm³/mol. The molecule has 0 aliphatic heterocycles. The van der Waals surface area contributed by atoms with Gasteiger partial charge in [-0.25, -0.2) is 0 Å². The first kappa shape index (κ1) is 13.8. The summed E-state index contributed by atoms with van der Waals surface area (Å²) in [7, 11) is 0. The van der Waals surface area contributed by atoms with Gasteiger partial charge in [-0.2, -0.15) is 0 Å². The van der Waals surface area contributed by atoms with Crippen molar-refractivity contribution >= 4 is 0 Å². The molecule has 1 unspecified atom stereocenters. The van der Waals surface area contributed by atoms with Crippen LogP contribution in [0.2, 0.25) is 0 Å². The van der Waals surface area contributed by atoms with Crippen molar-refractivity contribution in [2.75, 3.05) is 6.54 Å². The van der Waals surface area contributed by atoms with E-state index in [1.807, 2.05) is 25.4 Å². The van der Waals surface area contributed by atoms with E-state index in [-0.39, 0.29) is 0 Å². The smallest absolute Gasteiger partial charge is 0.135 e. The third-order valence-corrected chi connectivity index (χ3v) is 3.18. The third kappa shape index (κ3) is 3.44. The maximum atomic E-state index is 5.97. The second-order valence-electron chi connectivity index (χ2n) is 4.87. The Bertz CT molecular complexity index is 519. The van der Waals surface area contributed by atoms with Crippen LogP contribution in [0.25, 0.3) is 11.3 Å². The molecule has 102 valence electrons. The second-order valence-corrected chi connectivity index (χ2v) is 4.87. The lowest BCUT2D eigenvalue weighted by Gasteiger charge is -2.13. The molecule has 0 aliphatic carbocycles. The number of nitrogens with zero attached hydrogens (tertiary/aromatic N) is 1. The molecule has 3 nitrogen and oxygen atoms in total. The molecule has 0 fully saturated rings. The van der Waals surface area contributed by atoms with Crippen molar-refractivity contribution in [2.24, 2.45) is 0 Å². The van der Waals surface area contributed by atoms with Crippen molar-refractivity contribution in [3.8, 4) is 11.3 Å². The number of nitrogens with one attached hydrogen (secondary N) is 1. The molecule has 1 N–H and O–H groups in total. The van der Waals surface area contributed by atoms with Crippen molar-refractivity contribution in [3.05, 3.63) is 41.9 Å². The quantitative estimate of drug-likeness (QED) is 0.847. The van der Waals surface area contributed by atoms with Gasteiger partial charge in [0.1, 0.15) is 11.5 Å². The lowest BCUT2D eigenvalue weighted by Crippen LogP contribution is -2.20. The van der Waals surface area contributed by atoms with Crippen LogP contribution in [0.15, 0.2) is 35.0 Å². The van der Waals surface area contributed by atoms with Crippen LogP contribution in [0.5, 0.6) is 0 Å². The van der Waals surface area contributed by atoms with Crippen LogP contribution in [-0.2, 0) is 0 Å². The summed E-state index contributed by atoms with van der Waals surface area (Å²) in [6.07, 6.45) is 5.85. The van der Waals surface area contributed by atoms with Crippen molar-refractivity contribution in [3.63, 3.8) is 0 Å². The summed E-state index contributed by atoms with van der Waals surface area (Å²) in [6.45, 7) is 7.40. The summed E-state index contributed by atoms with van der Waals surface area (Å²) < 4.78 is 5.97. The fourth-order valence-electron chi connectivity index (χ4n) is 2.15. The zero-order valence-electron chi connectivity index (χ0n) is 11.9. The van der Waals surface area contributed by atoms with Crippen molar-refractivity contribution in [1.29, 1.82) is 0 Å². The number of hydrogen-bond donors (Lipinski definition) is 1. The number of pyridine rings is 1. The highest BCUT2D eigenvalue weighted by Gasteiger charge is 2.13. The molecular weight excluding hydrogens is 236 g/mol. The molecule has 1 atom stereocenters. The highest BCUT2D eigenvalue weighted by molar-refractivity contribution is 5.57. The zero-order chi connectivity index (χ0) is 13.7. The Kier molecular flexibility index (Phi) is 4.74. The molecular formula is C16H22N2O. The average Bonchev–Trinajstić information content (AvgIpc) is 2.89. The van der Waals surface area contributed by atoms with Gasteiger partial charge in [0.05, 0.1) is 6.04 Å². The van der Waals surface area contributed by atoms with Crippen LogP contribution in [-0.4, -0.2) is 11.5 Å². The molecule has 0 saturated carbocycles. The van der Waals surface area contributed by atoms with E-state index >= 15 is 0 Å². The fourth-order valence-corrected chi connectivity index (χ4v) is 2.15. The van der Waals surface area contributed by atoms with Gasteiger partial charge in [-0.1, -0.05) is 13.8 Å². The predicted octanol–water partition coefficient (Wildman–Crippen LogP) is 4.10. The highest BCUT2D eigenvalue weighted by atomic mass is 16.3. The number of aromatic nitrogens is 1. The molecule has 2 rings (SSSR count). The van der Waals surface area contributed by atoms with E-state index in [1.165, 1.54) is 0 Å². The number of hydrogen-bond acceptors (Lipinski definition) is 3. The van der Waals surface area contributed by atoms with Gasteiger partial charge in [-0.05, 0) is 50.1 Å². The lowest BCUT2D eigenvalue weighted by molar-refractivity contribution is 0.411. The summed E-state index contributed by atoms with van der Waals surface area (Å²) in [4.78, 5) is 4.21. The fraction of sp³-hybridized carbons (Fsp3) is 0.438. The van der Waals surface area contributed by atoms with Crippen molar-refractivity contribution in [2.45, 2.75) is 39.7 Å². The van der Waals surface area contributed by atoms with Gasteiger partial charge in [0.25, 0.3) is 0 Å². The van der Waals surface area contributed by atoms with Crippen LogP contribution in [0.3, 0.4) is 0 Å². The van der Waals surface area contributed by atoms with Gasteiger partial charge in [0.2, 0.25) is 0 Å². The minimum atomic E-state index is 0.298. The molecule has 0 aliphatic rings. The van der Waals surface area contributed by atoms with Crippen LogP contribution < -0.4 is 5.32 Å². The molecule has 2 aromatic heterocycles. The van der Waals surface area contributed by atoms with Gasteiger partial charge in [-0.3, -0.25) is 4.98 Å². The monoisotopic (exact) mass is 258 g/mol. The number of furan rings is 1. The number of rotatable bonds is 6. The first-order chi connectivity index (χ1) is 9.24. The van der Waals surface area contributed by atoms with E-state index in [0.29, 0.717) is 6.04 Å². The molecule has 0 spiro atoms. The zero-order valence-corrected chi connectivity index (χ0v) is 11.9. The second kappa shape index (κ2) is 6.53. The Morgan fingerprint density at radius 2 is 2.11 bits per heavy atom. The lowest BCUT2D eigenvalue weighted by atomic mass is 10.1. The van der Waals surface area contributed by atoms with Crippen molar-refractivity contribution in [1.82, 2.24) is 10.3 Å². The molecule has 0 aromatic carbocycles. The van der Waals surface area contributed by atoms with Crippen molar-refractivity contribution < 1.29 is 4.42 Å². The topological polar surface area (TPSA) is 38.1 Å². The third-order valence-electron chi connectivity index (χ3n) is 3.18. The van der Waals surface area contributed by atoms with Crippen LogP contribution in [0.4, 0.5) is 0 Å². The van der Waals surface area contributed by atoms with Gasteiger partial charge >= 0.3 is 0 Å². The minimum absolute atomic E-state index is 0.298. The Morgan fingerprint density at radius 1 is 1.26 bits per heavy atom. The van der Waals surface area contributed by atoms with E-state index in [1.54, 1.807) is 0 Å². The maximum Gasteiger partial charge on any atom is 0.135 e. The van der Waals surface area contributed by atoms with E-state index < -0.39 is 0 Å². The van der Waals surface area contributed by atoms with Crippen LogP contribution in [0, 0.1) is 6.92 Å². The SMILES string of the molecule is CCCNC(CC)c1ccc(-c2cncc(C)c2)o1. The van der Waals surface area contributed by atoms with Gasteiger partial charge < -0.3 is 9.73 Å². The van der Waals surface area contributed by atoms with Gasteiger partial charge in [-0.15, -0.1) is 0 Å². The van der Waals surface area contributed by atoms with Gasteiger partial charge in [0.15, 0.2) is 0 Å². The first-order valence-electron chi connectivity index (χ1n) is 6.99. The normalized spacial score (nSPS) is 12.6. The van der Waals surface area contributed by atoms with E-state index in [0.717, 1.165) is 42.0 Å². The van der Waals surface area contributed by atoms with Gasteiger partial charge in [0, 0.05) is 18.0 Å². The highest BCUT2D eigenvalue weighted by Crippen LogP contribution is 2.26. The molecule has 0 amide bonds. The summed E-state index contributed by atoms with van der Waals surface area (Å²) in [6, 6.07) is 6.48. The Labute approximate surface area is 115 Å². The summed E-state index contributed by atoms with van der Waals surface area (Å²) in [5.74, 6) is 1.90. The molecule has 0 saturated heterocycles. The molecule has 2 aromatic rings. The molecule has 19 heavy (non-hydrogen) atoms. The molecule has 2 heterocycles. The maximum absolute atomic E-state index is 5.97. The first-order valence-corrected chi connectivity index (χ1v) is 6.99. The Hall–Kier alpha value is -1.61. The Morgan fingerprint density at radius 3 is 2.79 bits per heavy atom. The Balaban J connectivity index is 2.18.